The van der Waals surface area contributed by atoms with Gasteiger partial charge in [-0.25, -0.2) is 4.98 Å². The molecule has 0 aliphatic carbocycles. The van der Waals surface area contributed by atoms with Crippen LogP contribution in [-0.2, 0) is 0 Å². The molecule has 0 bridgehead atoms. The molecule has 1 atom stereocenters. The number of anilines is 1. The van der Waals surface area contributed by atoms with Crippen molar-refractivity contribution in [2.75, 3.05) is 17.6 Å². The Morgan fingerprint density at radius 2 is 2.50 bits per heavy atom. The largest absolute Gasteiger partial charge is 0.369 e. The van der Waals surface area contributed by atoms with Crippen LogP contribution in [0.1, 0.15) is 23.2 Å². The number of primary amides is 1. The summed E-state index contributed by atoms with van der Waals surface area (Å²) in [4.78, 5) is 15.0. The molecule has 1 aromatic rings. The van der Waals surface area contributed by atoms with E-state index in [1.165, 1.54) is 24.8 Å². The molecule has 3 N–H and O–H groups in total. The van der Waals surface area contributed by atoms with Gasteiger partial charge >= 0.3 is 0 Å². The molecule has 2 rings (SSSR count). The van der Waals surface area contributed by atoms with Crippen LogP contribution < -0.4 is 11.1 Å². The lowest BCUT2D eigenvalue weighted by molar-refractivity contribution is 0.1000. The van der Waals surface area contributed by atoms with Crippen LogP contribution in [0.25, 0.3) is 0 Å². The topological polar surface area (TPSA) is 68.0 Å². The molecule has 1 amide bonds. The first kappa shape index (κ1) is 11.3. The number of nitrogens with two attached hydrogens (primary N) is 1. The van der Waals surface area contributed by atoms with Crippen molar-refractivity contribution in [3.8, 4) is 0 Å². The van der Waals surface area contributed by atoms with Crippen LogP contribution in [0.4, 0.5) is 5.82 Å². The number of aromatic nitrogens is 1. The SMILES string of the molecule is NC(=O)c1ccc(NCC2CCCS2)nc1. The maximum Gasteiger partial charge on any atom is 0.250 e. The lowest BCUT2D eigenvalue weighted by Crippen LogP contribution is -2.15. The lowest BCUT2D eigenvalue weighted by Gasteiger charge is -2.10. The van der Waals surface area contributed by atoms with Gasteiger partial charge in [-0.05, 0) is 30.7 Å². The van der Waals surface area contributed by atoms with E-state index in [1.807, 2.05) is 11.8 Å². The van der Waals surface area contributed by atoms with Gasteiger partial charge < -0.3 is 11.1 Å². The molecule has 0 saturated carbocycles. The van der Waals surface area contributed by atoms with Crippen LogP contribution in [0.3, 0.4) is 0 Å². The monoisotopic (exact) mass is 237 g/mol. The molecule has 1 aliphatic rings. The first-order chi connectivity index (χ1) is 7.75. The fraction of sp³-hybridized carbons (Fsp3) is 0.455. The molecule has 0 aromatic carbocycles. The molecule has 0 spiro atoms. The fourth-order valence-corrected chi connectivity index (χ4v) is 2.87. The van der Waals surface area contributed by atoms with Crippen LogP contribution in [0, 0.1) is 0 Å². The van der Waals surface area contributed by atoms with Gasteiger partial charge in [-0.2, -0.15) is 11.8 Å². The number of carbonyl (C=O) groups is 1. The minimum absolute atomic E-state index is 0.439. The first-order valence-electron chi connectivity index (χ1n) is 5.37. The Hall–Kier alpha value is -1.23. The molecule has 1 fully saturated rings. The van der Waals surface area contributed by atoms with Gasteiger partial charge in [-0.3, -0.25) is 4.79 Å². The Labute approximate surface area is 99.0 Å². The van der Waals surface area contributed by atoms with Crippen molar-refractivity contribution in [2.24, 2.45) is 5.73 Å². The Morgan fingerprint density at radius 3 is 3.06 bits per heavy atom. The standard InChI is InChI=1S/C11H15N3OS/c12-11(15)8-3-4-10(13-6-8)14-7-9-2-1-5-16-9/h3-4,6,9H,1-2,5,7H2,(H2,12,15)(H,13,14). The Kier molecular flexibility index (Phi) is 3.66. The third kappa shape index (κ3) is 2.88. The number of thioether (sulfide) groups is 1. The summed E-state index contributed by atoms with van der Waals surface area (Å²) in [5.74, 6) is 1.63. The number of hydrogen-bond acceptors (Lipinski definition) is 4. The van der Waals surface area contributed by atoms with Gasteiger partial charge in [0.15, 0.2) is 0 Å². The third-order valence-corrected chi connectivity index (χ3v) is 3.98. The second-order valence-corrected chi connectivity index (χ2v) is 5.22. The van der Waals surface area contributed by atoms with Crippen LogP contribution >= 0.6 is 11.8 Å². The van der Waals surface area contributed by atoms with Crippen molar-refractivity contribution >= 4 is 23.5 Å². The molecule has 1 unspecified atom stereocenters. The van der Waals surface area contributed by atoms with Crippen LogP contribution in [-0.4, -0.2) is 28.4 Å². The summed E-state index contributed by atoms with van der Waals surface area (Å²) in [7, 11) is 0. The van der Waals surface area contributed by atoms with Crippen LogP contribution in [0.5, 0.6) is 0 Å². The molecule has 1 aromatic heterocycles. The van der Waals surface area contributed by atoms with E-state index in [4.69, 9.17) is 5.73 Å². The number of rotatable bonds is 4. The third-order valence-electron chi connectivity index (χ3n) is 2.58. The van der Waals surface area contributed by atoms with Gasteiger partial charge in [0.2, 0.25) is 5.91 Å². The number of carbonyl (C=O) groups excluding carboxylic acids is 1. The maximum absolute atomic E-state index is 10.8. The van der Waals surface area contributed by atoms with E-state index >= 15 is 0 Å². The zero-order chi connectivity index (χ0) is 11.4. The molecule has 0 radical (unpaired) electrons. The molecule has 16 heavy (non-hydrogen) atoms. The van der Waals surface area contributed by atoms with E-state index in [2.05, 4.69) is 10.3 Å². The first-order valence-corrected chi connectivity index (χ1v) is 6.42. The van der Waals surface area contributed by atoms with Gasteiger partial charge in [-0.1, -0.05) is 0 Å². The molecule has 1 aliphatic heterocycles. The van der Waals surface area contributed by atoms with E-state index in [0.29, 0.717) is 10.8 Å². The van der Waals surface area contributed by atoms with E-state index in [1.54, 1.807) is 12.1 Å². The van der Waals surface area contributed by atoms with Crippen molar-refractivity contribution in [2.45, 2.75) is 18.1 Å². The van der Waals surface area contributed by atoms with E-state index in [-0.39, 0.29) is 0 Å². The number of amides is 1. The predicted octanol–water partition coefficient (Wildman–Crippen LogP) is 1.49. The number of nitrogens with one attached hydrogen (secondary N) is 1. The number of hydrogen-bond donors (Lipinski definition) is 2. The summed E-state index contributed by atoms with van der Waals surface area (Å²) < 4.78 is 0. The second-order valence-electron chi connectivity index (χ2n) is 3.81. The van der Waals surface area contributed by atoms with Crippen molar-refractivity contribution in [3.63, 3.8) is 0 Å². The molecule has 2 heterocycles. The molecule has 1 saturated heterocycles. The normalized spacial score (nSPS) is 19.6. The maximum atomic E-state index is 10.8. The van der Waals surface area contributed by atoms with Crippen molar-refractivity contribution in [3.05, 3.63) is 23.9 Å². The highest BCUT2D eigenvalue weighted by atomic mass is 32.2. The smallest absolute Gasteiger partial charge is 0.250 e. The highest BCUT2D eigenvalue weighted by molar-refractivity contribution is 8.00. The average molecular weight is 237 g/mol. The average Bonchev–Trinajstić information content (AvgIpc) is 2.80. The van der Waals surface area contributed by atoms with Gasteiger partial charge in [0.25, 0.3) is 0 Å². The summed E-state index contributed by atoms with van der Waals surface area (Å²) >= 11 is 2.01. The zero-order valence-electron chi connectivity index (χ0n) is 8.98. The minimum atomic E-state index is -0.439. The Balaban J connectivity index is 1.87. The molecule has 4 nitrogen and oxygen atoms in total. The van der Waals surface area contributed by atoms with Crippen molar-refractivity contribution < 1.29 is 4.79 Å². The molecular formula is C11H15N3OS. The summed E-state index contributed by atoms with van der Waals surface area (Å²) in [5, 5.41) is 3.96. The van der Waals surface area contributed by atoms with E-state index in [0.717, 1.165) is 12.4 Å². The molecule has 86 valence electrons. The summed E-state index contributed by atoms with van der Waals surface area (Å²) in [6.07, 6.45) is 4.09. The van der Waals surface area contributed by atoms with Crippen molar-refractivity contribution in [1.82, 2.24) is 4.98 Å². The zero-order valence-corrected chi connectivity index (χ0v) is 9.80. The number of pyridine rings is 1. The summed E-state index contributed by atoms with van der Waals surface area (Å²) in [5.41, 5.74) is 5.58. The second kappa shape index (κ2) is 5.21. The van der Waals surface area contributed by atoms with Gasteiger partial charge in [0.1, 0.15) is 5.82 Å². The van der Waals surface area contributed by atoms with Gasteiger partial charge in [0, 0.05) is 18.0 Å². The molecule has 5 heteroatoms. The van der Waals surface area contributed by atoms with Crippen LogP contribution in [0.2, 0.25) is 0 Å². The molecular weight excluding hydrogens is 222 g/mol. The van der Waals surface area contributed by atoms with Crippen molar-refractivity contribution in [1.29, 1.82) is 0 Å². The highest BCUT2D eigenvalue weighted by Crippen LogP contribution is 2.25. The predicted molar refractivity (Wildman–Crippen MR) is 66.7 cm³/mol. The highest BCUT2D eigenvalue weighted by Gasteiger charge is 2.14. The summed E-state index contributed by atoms with van der Waals surface area (Å²) in [6.45, 7) is 0.938. The Morgan fingerprint density at radius 1 is 1.62 bits per heavy atom. The fourth-order valence-electron chi connectivity index (χ4n) is 1.67. The van der Waals surface area contributed by atoms with Gasteiger partial charge in [-0.15, -0.1) is 0 Å². The quantitative estimate of drug-likeness (QED) is 0.832. The van der Waals surface area contributed by atoms with Crippen LogP contribution in [0.15, 0.2) is 18.3 Å². The van der Waals surface area contributed by atoms with E-state index < -0.39 is 5.91 Å². The Bertz CT molecular complexity index is 360. The summed E-state index contributed by atoms with van der Waals surface area (Å²) in [6, 6.07) is 3.49. The number of nitrogens with zero attached hydrogens (tertiary/aromatic N) is 1. The minimum Gasteiger partial charge on any atom is -0.369 e. The lowest BCUT2D eigenvalue weighted by atomic mass is 10.2. The van der Waals surface area contributed by atoms with Gasteiger partial charge in [0.05, 0.1) is 5.56 Å². The van der Waals surface area contributed by atoms with E-state index in [9.17, 15) is 4.79 Å².